The number of carbonyl (C=O) groups is 2. The average molecular weight is 463 g/mol. The summed E-state index contributed by atoms with van der Waals surface area (Å²) in [5.74, 6) is -0.998. The van der Waals surface area contributed by atoms with Crippen molar-refractivity contribution in [3.8, 4) is 0 Å². The van der Waals surface area contributed by atoms with E-state index in [-0.39, 0.29) is 17.9 Å². The third-order valence-electron chi connectivity index (χ3n) is 4.91. The lowest BCUT2D eigenvalue weighted by Crippen LogP contribution is -2.51. The highest BCUT2D eigenvalue weighted by Gasteiger charge is 2.29. The number of non-ortho nitro benzene ring substituents is 1. The highest BCUT2D eigenvalue weighted by atomic mass is 32.2. The van der Waals surface area contributed by atoms with Gasteiger partial charge in [0.15, 0.2) is 0 Å². The Morgan fingerprint density at radius 1 is 1.12 bits per heavy atom. The molecule has 1 atom stereocenters. The van der Waals surface area contributed by atoms with Crippen LogP contribution in [0.4, 0.5) is 11.4 Å². The van der Waals surface area contributed by atoms with Gasteiger partial charge in [-0.1, -0.05) is 36.4 Å². The third-order valence-corrected chi connectivity index (χ3v) is 6.05. The number of sulfonamides is 1. The first kappa shape index (κ1) is 24.8. The van der Waals surface area contributed by atoms with Gasteiger partial charge in [0.2, 0.25) is 21.8 Å². The molecule has 0 aliphatic rings. The molecule has 0 aromatic heterocycles. The minimum absolute atomic E-state index is 0.00865. The van der Waals surface area contributed by atoms with Crippen LogP contribution >= 0.6 is 0 Å². The Labute approximate surface area is 187 Å². The molecule has 0 aliphatic carbocycles. The maximum absolute atomic E-state index is 13.2. The molecule has 0 bridgehead atoms. The van der Waals surface area contributed by atoms with E-state index in [4.69, 9.17) is 0 Å². The Balaban J connectivity index is 2.33. The Morgan fingerprint density at radius 2 is 1.78 bits per heavy atom. The molecule has 2 rings (SSSR count). The molecule has 0 fully saturated rings. The number of nitrogens with zero attached hydrogens (tertiary/aromatic N) is 3. The van der Waals surface area contributed by atoms with E-state index in [2.05, 4.69) is 5.32 Å². The zero-order valence-corrected chi connectivity index (χ0v) is 18.9. The normalized spacial score (nSPS) is 12.0. The highest BCUT2D eigenvalue weighted by Crippen LogP contribution is 2.23. The number of benzene rings is 2. The molecule has 2 aromatic rings. The third kappa shape index (κ3) is 6.51. The lowest BCUT2D eigenvalue weighted by atomic mass is 10.1. The smallest absolute Gasteiger partial charge is 0.271 e. The monoisotopic (exact) mass is 462 g/mol. The molecular formula is C21H26N4O6S. The maximum Gasteiger partial charge on any atom is 0.271 e. The Hall–Kier alpha value is -3.47. The molecule has 0 aliphatic heterocycles. The fourth-order valence-electron chi connectivity index (χ4n) is 3.15. The second-order valence-electron chi connectivity index (χ2n) is 7.16. The number of carbonyl (C=O) groups excluding carboxylic acids is 2. The van der Waals surface area contributed by atoms with Crippen LogP contribution in [-0.4, -0.2) is 62.5 Å². The molecule has 10 nitrogen and oxygen atoms in total. The molecule has 2 aromatic carbocycles. The van der Waals surface area contributed by atoms with Crippen molar-refractivity contribution in [3.63, 3.8) is 0 Å². The summed E-state index contributed by atoms with van der Waals surface area (Å²) in [4.78, 5) is 37.2. The van der Waals surface area contributed by atoms with Crippen molar-refractivity contribution in [2.75, 3.05) is 30.7 Å². The van der Waals surface area contributed by atoms with Crippen molar-refractivity contribution in [2.45, 2.75) is 19.4 Å². The van der Waals surface area contributed by atoms with Crippen LogP contribution in [0.15, 0.2) is 54.6 Å². The predicted octanol–water partition coefficient (Wildman–Crippen LogP) is 1.57. The second-order valence-corrected chi connectivity index (χ2v) is 9.07. The zero-order valence-electron chi connectivity index (χ0n) is 18.1. The van der Waals surface area contributed by atoms with Gasteiger partial charge in [-0.25, -0.2) is 8.42 Å². The number of hydrogen-bond acceptors (Lipinski definition) is 6. The second kappa shape index (κ2) is 10.7. The van der Waals surface area contributed by atoms with Crippen LogP contribution in [0, 0.1) is 10.1 Å². The van der Waals surface area contributed by atoms with Gasteiger partial charge in [-0.2, -0.15) is 0 Å². The summed E-state index contributed by atoms with van der Waals surface area (Å²) in [6, 6.07) is 13.5. The molecule has 0 unspecified atom stereocenters. The van der Waals surface area contributed by atoms with Gasteiger partial charge < -0.3 is 10.2 Å². The molecule has 0 radical (unpaired) electrons. The lowest BCUT2D eigenvalue weighted by Gasteiger charge is -2.31. The molecule has 1 N–H and O–H groups in total. The van der Waals surface area contributed by atoms with Gasteiger partial charge in [-0.3, -0.25) is 24.0 Å². The van der Waals surface area contributed by atoms with Crippen molar-refractivity contribution in [1.82, 2.24) is 10.2 Å². The van der Waals surface area contributed by atoms with Gasteiger partial charge in [0.1, 0.15) is 12.6 Å². The molecule has 0 heterocycles. The molecule has 0 saturated carbocycles. The average Bonchev–Trinajstić information content (AvgIpc) is 2.76. The minimum Gasteiger partial charge on any atom is -0.357 e. The summed E-state index contributed by atoms with van der Waals surface area (Å²) in [6.07, 6.45) is 1.37. The van der Waals surface area contributed by atoms with Crippen LogP contribution in [0.5, 0.6) is 0 Å². The number of rotatable bonds is 10. The number of likely N-dealkylation sites (N-methyl/N-ethyl adjacent to an activating group) is 1. The fraction of sp³-hybridized carbons (Fsp3) is 0.333. The van der Waals surface area contributed by atoms with Crippen molar-refractivity contribution < 1.29 is 22.9 Å². The SMILES string of the molecule is CNC(=O)[C@@H](C)N(CCc1ccccc1)C(=O)CN(c1cccc([N+](=O)[O-])c1)S(C)(=O)=O. The highest BCUT2D eigenvalue weighted by molar-refractivity contribution is 7.92. The first-order chi connectivity index (χ1) is 15.0. The van der Waals surface area contributed by atoms with E-state index in [1.807, 2.05) is 30.3 Å². The molecule has 172 valence electrons. The first-order valence-electron chi connectivity index (χ1n) is 9.81. The Morgan fingerprint density at radius 3 is 2.34 bits per heavy atom. The predicted molar refractivity (Wildman–Crippen MR) is 121 cm³/mol. The molecule has 11 heteroatoms. The number of hydrogen-bond donors (Lipinski definition) is 1. The van der Waals surface area contributed by atoms with Crippen LogP contribution < -0.4 is 9.62 Å². The van der Waals surface area contributed by atoms with E-state index in [1.54, 1.807) is 6.92 Å². The van der Waals surface area contributed by atoms with E-state index in [9.17, 15) is 28.1 Å². The van der Waals surface area contributed by atoms with Gasteiger partial charge in [-0.15, -0.1) is 0 Å². The summed E-state index contributed by atoms with van der Waals surface area (Å²) < 4.78 is 25.6. The number of amides is 2. The topological polar surface area (TPSA) is 130 Å². The summed E-state index contributed by atoms with van der Waals surface area (Å²) in [5.41, 5.74) is 0.641. The van der Waals surface area contributed by atoms with Crippen molar-refractivity contribution in [3.05, 3.63) is 70.3 Å². The number of nitro groups is 1. The van der Waals surface area contributed by atoms with Gasteiger partial charge >= 0.3 is 0 Å². The van der Waals surface area contributed by atoms with Gasteiger partial charge in [-0.05, 0) is 25.0 Å². The van der Waals surface area contributed by atoms with Gasteiger partial charge in [0, 0.05) is 25.7 Å². The number of anilines is 1. The largest absolute Gasteiger partial charge is 0.357 e. The van der Waals surface area contributed by atoms with Crippen molar-refractivity contribution in [1.29, 1.82) is 0 Å². The Bertz CT molecular complexity index is 1070. The van der Waals surface area contributed by atoms with E-state index < -0.39 is 39.3 Å². The Kier molecular flexibility index (Phi) is 8.30. The molecule has 2 amide bonds. The fourth-order valence-corrected chi connectivity index (χ4v) is 4.00. The van der Waals surface area contributed by atoms with Crippen molar-refractivity contribution in [2.24, 2.45) is 0 Å². The van der Waals surface area contributed by atoms with Crippen LogP contribution in [0.1, 0.15) is 12.5 Å². The minimum atomic E-state index is -3.94. The van der Waals surface area contributed by atoms with Gasteiger partial charge in [0.25, 0.3) is 5.69 Å². The number of nitrogens with one attached hydrogen (secondary N) is 1. The van der Waals surface area contributed by atoms with E-state index in [0.29, 0.717) is 6.42 Å². The number of nitro benzene ring substituents is 1. The van der Waals surface area contributed by atoms with Crippen LogP contribution in [-0.2, 0) is 26.0 Å². The van der Waals surface area contributed by atoms with Crippen LogP contribution in [0.25, 0.3) is 0 Å². The van der Waals surface area contributed by atoms with E-state index >= 15 is 0 Å². The van der Waals surface area contributed by atoms with Crippen LogP contribution in [0.3, 0.4) is 0 Å². The summed E-state index contributed by atoms with van der Waals surface area (Å²) in [6.45, 7) is 1.14. The molecule has 0 spiro atoms. The molecule has 0 saturated heterocycles. The van der Waals surface area contributed by atoms with Crippen molar-refractivity contribution >= 4 is 33.2 Å². The first-order valence-corrected chi connectivity index (χ1v) is 11.7. The summed E-state index contributed by atoms with van der Waals surface area (Å²) >= 11 is 0. The van der Waals surface area contributed by atoms with Crippen LogP contribution in [0.2, 0.25) is 0 Å². The lowest BCUT2D eigenvalue weighted by molar-refractivity contribution is -0.384. The van der Waals surface area contributed by atoms with E-state index in [1.165, 1.54) is 30.1 Å². The maximum atomic E-state index is 13.2. The molecular weight excluding hydrogens is 436 g/mol. The molecule has 32 heavy (non-hydrogen) atoms. The summed E-state index contributed by atoms with van der Waals surface area (Å²) in [7, 11) is -2.50. The van der Waals surface area contributed by atoms with Gasteiger partial charge in [0.05, 0.1) is 16.9 Å². The standard InChI is InChI=1S/C21H26N4O6S/c1-16(21(27)22-2)23(13-12-17-8-5-4-6-9-17)20(26)15-24(32(3,30)31)18-10-7-11-19(14-18)25(28)29/h4-11,14,16H,12-13,15H2,1-3H3,(H,22,27)/t16-/m1/s1. The quantitative estimate of drug-likeness (QED) is 0.421. The zero-order chi connectivity index (χ0) is 23.9. The summed E-state index contributed by atoms with van der Waals surface area (Å²) in [5, 5.41) is 13.6. The van der Waals surface area contributed by atoms with E-state index in [0.717, 1.165) is 22.2 Å².